The molecule has 2 aromatic carbocycles. The van der Waals surface area contributed by atoms with Gasteiger partial charge in [0.15, 0.2) is 6.54 Å². The van der Waals surface area contributed by atoms with Gasteiger partial charge in [0.2, 0.25) is 5.91 Å². The van der Waals surface area contributed by atoms with Gasteiger partial charge in [0.1, 0.15) is 11.5 Å². The SMILES string of the molecule is Cc1cc(O)c(NC(=O)CN2CC[N+](C)(CC(=O)Nc3cc(Cl)c(C)cc3O)CC2)cc1Cl.[Cl-]. The molecule has 0 aromatic heterocycles. The maximum Gasteiger partial charge on any atom is 0.279 e. The number of hydrogen-bond donors (Lipinski definition) is 4. The third kappa shape index (κ3) is 7.13. The molecule has 1 heterocycles. The molecule has 0 saturated carbocycles. The van der Waals surface area contributed by atoms with Gasteiger partial charge in [-0.3, -0.25) is 14.5 Å². The van der Waals surface area contributed by atoms with Crippen molar-refractivity contribution in [3.05, 3.63) is 45.4 Å². The van der Waals surface area contributed by atoms with Crippen LogP contribution in [-0.2, 0) is 9.59 Å². The van der Waals surface area contributed by atoms with Crippen LogP contribution in [0, 0.1) is 13.8 Å². The van der Waals surface area contributed by atoms with Crippen LogP contribution in [0.4, 0.5) is 11.4 Å². The molecule has 1 saturated heterocycles. The first-order valence-corrected chi connectivity index (χ1v) is 11.4. The van der Waals surface area contributed by atoms with Crippen molar-refractivity contribution in [1.82, 2.24) is 4.90 Å². The minimum Gasteiger partial charge on any atom is -1.00 e. The second-order valence-corrected chi connectivity index (χ2v) is 9.65. The predicted octanol–water partition coefficient (Wildman–Crippen LogP) is 0.365. The van der Waals surface area contributed by atoms with Gasteiger partial charge < -0.3 is 37.7 Å². The van der Waals surface area contributed by atoms with Gasteiger partial charge in [0, 0.05) is 23.1 Å². The number of benzene rings is 2. The van der Waals surface area contributed by atoms with Gasteiger partial charge in [-0.05, 0) is 49.2 Å². The molecule has 34 heavy (non-hydrogen) atoms. The number of halogens is 3. The highest BCUT2D eigenvalue weighted by Gasteiger charge is 2.32. The number of aromatic hydroxyl groups is 2. The topological polar surface area (TPSA) is 102 Å². The third-order valence-corrected chi connectivity index (χ3v) is 6.72. The van der Waals surface area contributed by atoms with E-state index >= 15 is 0 Å². The Bertz CT molecular complexity index is 1070. The fraction of sp³-hybridized carbons (Fsp3) is 0.391. The first-order chi connectivity index (χ1) is 15.5. The largest absolute Gasteiger partial charge is 1.00 e. The Morgan fingerprint density at radius 1 is 0.912 bits per heavy atom. The molecule has 0 bridgehead atoms. The number of rotatable bonds is 6. The smallest absolute Gasteiger partial charge is 0.279 e. The molecule has 0 unspecified atom stereocenters. The first-order valence-electron chi connectivity index (χ1n) is 10.6. The number of hydrogen-bond acceptors (Lipinski definition) is 5. The summed E-state index contributed by atoms with van der Waals surface area (Å²) in [5.74, 6) is -0.513. The number of nitrogens with zero attached hydrogens (tertiary/aromatic N) is 2. The minimum atomic E-state index is -0.245. The average Bonchev–Trinajstić information content (AvgIpc) is 2.72. The van der Waals surface area contributed by atoms with Crippen LogP contribution in [0.3, 0.4) is 0 Å². The van der Waals surface area contributed by atoms with Crippen molar-refractivity contribution in [2.75, 3.05) is 56.9 Å². The van der Waals surface area contributed by atoms with Crippen LogP contribution in [0.1, 0.15) is 11.1 Å². The third-order valence-electron chi connectivity index (χ3n) is 5.91. The molecule has 1 aliphatic rings. The number of quaternary nitrogens is 1. The molecule has 0 atom stereocenters. The minimum absolute atomic E-state index is 0. The Balaban J connectivity index is 0.00000408. The van der Waals surface area contributed by atoms with Gasteiger partial charge in [-0.2, -0.15) is 0 Å². The number of aryl methyl sites for hydroxylation is 2. The lowest BCUT2D eigenvalue weighted by molar-refractivity contribution is -0.905. The van der Waals surface area contributed by atoms with Crippen LogP contribution < -0.4 is 23.0 Å². The molecule has 2 aromatic rings. The molecule has 2 amide bonds. The standard InChI is InChI=1S/C23H28Cl2N4O4.ClH/c1-14-8-20(30)18(10-16(14)24)26-22(32)12-28-4-6-29(3,7-5-28)13-23(33)27-19-11-17(25)15(2)9-21(19)31;/h8-11H,4-7,12-13H2,1-3H3,(H3-,26,27,30,31,32,33);1H. The number of anilines is 2. The molecule has 186 valence electrons. The molecule has 0 spiro atoms. The van der Waals surface area contributed by atoms with Crippen molar-refractivity contribution in [2.24, 2.45) is 0 Å². The number of piperazine rings is 1. The summed E-state index contributed by atoms with van der Waals surface area (Å²) in [6, 6.07) is 6.10. The van der Waals surface area contributed by atoms with Crippen LogP contribution in [-0.4, -0.2) is 77.7 Å². The zero-order valence-corrected chi connectivity index (χ0v) is 21.6. The molecule has 3 rings (SSSR count). The summed E-state index contributed by atoms with van der Waals surface area (Å²) in [7, 11) is 1.99. The van der Waals surface area contributed by atoms with Crippen molar-refractivity contribution < 1.29 is 36.7 Å². The maximum absolute atomic E-state index is 12.6. The van der Waals surface area contributed by atoms with E-state index in [4.69, 9.17) is 23.2 Å². The van der Waals surface area contributed by atoms with Crippen LogP contribution >= 0.6 is 23.2 Å². The van der Waals surface area contributed by atoms with Crippen molar-refractivity contribution in [3.63, 3.8) is 0 Å². The molecule has 0 aliphatic carbocycles. The van der Waals surface area contributed by atoms with E-state index in [0.717, 1.165) is 11.1 Å². The van der Waals surface area contributed by atoms with E-state index in [2.05, 4.69) is 10.6 Å². The zero-order chi connectivity index (χ0) is 24.3. The summed E-state index contributed by atoms with van der Waals surface area (Å²) in [6.45, 7) is 6.60. The van der Waals surface area contributed by atoms with E-state index in [9.17, 15) is 19.8 Å². The lowest BCUT2D eigenvalue weighted by Crippen LogP contribution is -3.00. The summed E-state index contributed by atoms with van der Waals surface area (Å²) in [4.78, 5) is 27.0. The number of phenols is 2. The van der Waals surface area contributed by atoms with E-state index in [1.807, 2.05) is 11.9 Å². The number of phenolic OH excluding ortho intramolecular Hbond substituents is 2. The molecule has 11 heteroatoms. The number of nitrogens with one attached hydrogen (secondary N) is 2. The average molecular weight is 532 g/mol. The van der Waals surface area contributed by atoms with E-state index in [1.54, 1.807) is 19.9 Å². The summed E-state index contributed by atoms with van der Waals surface area (Å²) in [5, 5.41) is 26.5. The zero-order valence-electron chi connectivity index (χ0n) is 19.3. The van der Waals surface area contributed by atoms with Crippen molar-refractivity contribution in [3.8, 4) is 11.5 Å². The van der Waals surface area contributed by atoms with Crippen molar-refractivity contribution >= 4 is 46.4 Å². The molecule has 1 fully saturated rings. The van der Waals surface area contributed by atoms with E-state index in [1.165, 1.54) is 18.2 Å². The van der Waals surface area contributed by atoms with E-state index in [0.29, 0.717) is 40.7 Å². The first kappa shape index (κ1) is 28.0. The van der Waals surface area contributed by atoms with Gasteiger partial charge in [0.05, 0.1) is 38.1 Å². The highest BCUT2D eigenvalue weighted by Crippen LogP contribution is 2.31. The summed E-state index contributed by atoms with van der Waals surface area (Å²) in [6.07, 6.45) is 0. The Labute approximate surface area is 215 Å². The maximum atomic E-state index is 12.6. The number of carbonyl (C=O) groups excluding carboxylic acids is 2. The lowest BCUT2D eigenvalue weighted by atomic mass is 10.2. The Morgan fingerprint density at radius 2 is 1.35 bits per heavy atom. The number of likely N-dealkylation sites (N-methyl/N-ethyl adjacent to an activating group) is 1. The van der Waals surface area contributed by atoms with Gasteiger partial charge in [-0.1, -0.05) is 23.2 Å². The van der Waals surface area contributed by atoms with Gasteiger partial charge in [-0.25, -0.2) is 0 Å². The van der Waals surface area contributed by atoms with Crippen LogP contribution in [0.15, 0.2) is 24.3 Å². The summed E-state index contributed by atoms with van der Waals surface area (Å²) < 4.78 is 0.513. The van der Waals surface area contributed by atoms with Crippen LogP contribution in [0.5, 0.6) is 11.5 Å². The highest BCUT2D eigenvalue weighted by atomic mass is 35.5. The van der Waals surface area contributed by atoms with Gasteiger partial charge >= 0.3 is 0 Å². The quantitative estimate of drug-likeness (QED) is 0.319. The Hall–Kier alpha value is -2.23. The normalized spacial score (nSPS) is 15.3. The van der Waals surface area contributed by atoms with Gasteiger partial charge in [-0.15, -0.1) is 0 Å². The summed E-state index contributed by atoms with van der Waals surface area (Å²) in [5.41, 5.74) is 2.03. The van der Waals surface area contributed by atoms with E-state index < -0.39 is 0 Å². The van der Waals surface area contributed by atoms with Crippen molar-refractivity contribution in [2.45, 2.75) is 13.8 Å². The van der Waals surface area contributed by atoms with Crippen molar-refractivity contribution in [1.29, 1.82) is 0 Å². The molecular weight excluding hydrogens is 503 g/mol. The molecular formula is C23H29Cl3N4O4. The van der Waals surface area contributed by atoms with E-state index in [-0.39, 0.29) is 60.2 Å². The van der Waals surface area contributed by atoms with Crippen LogP contribution in [0.2, 0.25) is 10.0 Å². The monoisotopic (exact) mass is 530 g/mol. The Morgan fingerprint density at radius 3 is 1.82 bits per heavy atom. The fourth-order valence-corrected chi connectivity index (χ4v) is 4.09. The number of amides is 2. The van der Waals surface area contributed by atoms with Gasteiger partial charge in [0.25, 0.3) is 5.91 Å². The highest BCUT2D eigenvalue weighted by molar-refractivity contribution is 6.32. The predicted molar refractivity (Wildman–Crippen MR) is 130 cm³/mol. The molecule has 8 nitrogen and oxygen atoms in total. The molecule has 4 N–H and O–H groups in total. The lowest BCUT2D eigenvalue weighted by Gasteiger charge is -2.41. The Kier molecular flexibility index (Phi) is 9.45. The number of carbonyl (C=O) groups is 2. The molecule has 1 aliphatic heterocycles. The fourth-order valence-electron chi connectivity index (χ4n) is 3.77. The second kappa shape index (κ2) is 11.5. The van der Waals surface area contributed by atoms with Crippen LogP contribution in [0.25, 0.3) is 0 Å². The second-order valence-electron chi connectivity index (χ2n) is 8.83. The molecule has 0 radical (unpaired) electrons. The summed E-state index contributed by atoms with van der Waals surface area (Å²) >= 11 is 12.2.